The lowest BCUT2D eigenvalue weighted by molar-refractivity contribution is -0.122. The highest BCUT2D eigenvalue weighted by molar-refractivity contribution is 5.98. The summed E-state index contributed by atoms with van der Waals surface area (Å²) in [4.78, 5) is 26.1. The lowest BCUT2D eigenvalue weighted by atomic mass is 10.0. The molecule has 0 saturated carbocycles. The Kier molecular flexibility index (Phi) is 5.56. The van der Waals surface area contributed by atoms with Crippen LogP contribution in [0.2, 0.25) is 0 Å². The number of rotatable bonds is 6. The Hall–Kier alpha value is -2.82. The molecule has 5 nitrogen and oxygen atoms in total. The van der Waals surface area contributed by atoms with Gasteiger partial charge in [0.25, 0.3) is 5.91 Å². The van der Waals surface area contributed by atoms with Crippen LogP contribution in [-0.2, 0) is 16.0 Å². The third kappa shape index (κ3) is 4.04. The number of hydrogen-bond acceptors (Lipinski definition) is 3. The normalized spacial score (nSPS) is 14.4. The smallest absolute Gasteiger partial charge is 0.265 e. The maximum atomic E-state index is 12.3. The fraction of sp³-hybridized carbons (Fsp3) is 0.333. The SMILES string of the molecule is CCc1ccc(C(C)NC(=O)CCN2C(=O)COc3ccccc32)cc1. The maximum Gasteiger partial charge on any atom is 0.265 e. The van der Waals surface area contributed by atoms with Gasteiger partial charge < -0.3 is 15.0 Å². The summed E-state index contributed by atoms with van der Waals surface area (Å²) in [7, 11) is 0. The minimum atomic E-state index is -0.125. The van der Waals surface area contributed by atoms with Gasteiger partial charge in [0.2, 0.25) is 5.91 Å². The van der Waals surface area contributed by atoms with E-state index in [0.717, 1.165) is 17.7 Å². The highest BCUT2D eigenvalue weighted by atomic mass is 16.5. The van der Waals surface area contributed by atoms with Crippen molar-refractivity contribution in [2.24, 2.45) is 0 Å². The molecule has 3 rings (SSSR count). The fourth-order valence-corrected chi connectivity index (χ4v) is 3.05. The summed E-state index contributed by atoms with van der Waals surface area (Å²) in [6, 6.07) is 15.6. The molecule has 0 spiro atoms. The van der Waals surface area contributed by atoms with Gasteiger partial charge in [-0.15, -0.1) is 0 Å². The Bertz CT molecular complexity index is 786. The molecule has 1 atom stereocenters. The van der Waals surface area contributed by atoms with Crippen LogP contribution < -0.4 is 15.0 Å². The summed E-state index contributed by atoms with van der Waals surface area (Å²) in [6.07, 6.45) is 1.24. The van der Waals surface area contributed by atoms with E-state index < -0.39 is 0 Å². The molecule has 26 heavy (non-hydrogen) atoms. The van der Waals surface area contributed by atoms with Crippen molar-refractivity contribution in [2.45, 2.75) is 32.7 Å². The minimum absolute atomic E-state index is 0.0127. The highest BCUT2D eigenvalue weighted by Gasteiger charge is 2.25. The topological polar surface area (TPSA) is 58.6 Å². The molecule has 1 N–H and O–H groups in total. The van der Waals surface area contributed by atoms with Crippen LogP contribution in [0.1, 0.15) is 37.4 Å². The van der Waals surface area contributed by atoms with Crippen molar-refractivity contribution in [3.8, 4) is 5.75 Å². The molecule has 2 amide bonds. The van der Waals surface area contributed by atoms with Gasteiger partial charge in [-0.1, -0.05) is 43.3 Å². The van der Waals surface area contributed by atoms with E-state index in [1.807, 2.05) is 43.3 Å². The van der Waals surface area contributed by atoms with Gasteiger partial charge in [-0.25, -0.2) is 0 Å². The molecule has 0 saturated heterocycles. The zero-order valence-electron chi connectivity index (χ0n) is 15.2. The molecule has 0 aliphatic carbocycles. The number of amides is 2. The summed E-state index contributed by atoms with van der Waals surface area (Å²) in [6.45, 7) is 4.44. The van der Waals surface area contributed by atoms with Crippen LogP contribution in [0.5, 0.6) is 5.75 Å². The van der Waals surface area contributed by atoms with Gasteiger partial charge in [0.1, 0.15) is 5.75 Å². The molecular formula is C21H24N2O3. The number of benzene rings is 2. The van der Waals surface area contributed by atoms with Crippen LogP contribution in [0.25, 0.3) is 0 Å². The number of nitrogens with zero attached hydrogens (tertiary/aromatic N) is 1. The average Bonchev–Trinajstić information content (AvgIpc) is 2.67. The second-order valence-corrected chi connectivity index (χ2v) is 6.44. The van der Waals surface area contributed by atoms with Gasteiger partial charge >= 0.3 is 0 Å². The summed E-state index contributed by atoms with van der Waals surface area (Å²) in [5.41, 5.74) is 3.07. The summed E-state index contributed by atoms with van der Waals surface area (Å²) in [5, 5.41) is 3.00. The van der Waals surface area contributed by atoms with E-state index in [2.05, 4.69) is 24.4 Å². The molecule has 2 aromatic carbocycles. The predicted molar refractivity (Wildman–Crippen MR) is 101 cm³/mol. The van der Waals surface area contributed by atoms with Gasteiger partial charge in [-0.3, -0.25) is 9.59 Å². The first-order chi connectivity index (χ1) is 12.6. The maximum absolute atomic E-state index is 12.3. The lowest BCUT2D eigenvalue weighted by Gasteiger charge is -2.29. The van der Waals surface area contributed by atoms with E-state index in [9.17, 15) is 9.59 Å². The molecule has 2 aromatic rings. The molecule has 1 unspecified atom stereocenters. The van der Waals surface area contributed by atoms with E-state index >= 15 is 0 Å². The molecule has 1 aliphatic heterocycles. The standard InChI is InChI=1S/C21H24N2O3/c1-3-16-8-10-17(11-9-16)15(2)22-20(24)12-13-23-18-6-4-5-7-19(18)26-14-21(23)25/h4-11,15H,3,12-14H2,1-2H3,(H,22,24). The van der Waals surface area contributed by atoms with Crippen LogP contribution in [0.15, 0.2) is 48.5 Å². The van der Waals surface area contributed by atoms with Crippen LogP contribution in [-0.4, -0.2) is 25.0 Å². The predicted octanol–water partition coefficient (Wildman–Crippen LogP) is 3.24. The number of fused-ring (bicyclic) bond motifs is 1. The summed E-state index contributed by atoms with van der Waals surface area (Å²) < 4.78 is 5.42. The highest BCUT2D eigenvalue weighted by Crippen LogP contribution is 2.31. The molecule has 0 radical (unpaired) electrons. The van der Waals surface area contributed by atoms with Gasteiger partial charge in [0.05, 0.1) is 11.7 Å². The number of para-hydroxylation sites is 2. The zero-order valence-corrected chi connectivity index (χ0v) is 15.2. The number of aryl methyl sites for hydroxylation is 1. The molecule has 1 aliphatic rings. The quantitative estimate of drug-likeness (QED) is 0.868. The third-order valence-electron chi connectivity index (χ3n) is 4.64. The van der Waals surface area contributed by atoms with E-state index in [-0.39, 0.29) is 30.9 Å². The molecule has 0 aromatic heterocycles. The zero-order chi connectivity index (χ0) is 18.5. The summed E-state index contributed by atoms with van der Waals surface area (Å²) in [5.74, 6) is 0.477. The Morgan fingerprint density at radius 1 is 1.19 bits per heavy atom. The van der Waals surface area contributed by atoms with E-state index in [1.165, 1.54) is 5.56 Å². The van der Waals surface area contributed by atoms with Crippen molar-refractivity contribution >= 4 is 17.5 Å². The third-order valence-corrected chi connectivity index (χ3v) is 4.64. The Morgan fingerprint density at radius 2 is 1.92 bits per heavy atom. The van der Waals surface area contributed by atoms with Crippen molar-refractivity contribution < 1.29 is 14.3 Å². The minimum Gasteiger partial charge on any atom is -0.482 e. The first-order valence-electron chi connectivity index (χ1n) is 8.99. The van der Waals surface area contributed by atoms with Crippen molar-refractivity contribution in [3.63, 3.8) is 0 Å². The fourth-order valence-electron chi connectivity index (χ4n) is 3.05. The first kappa shape index (κ1) is 18.0. The van der Waals surface area contributed by atoms with E-state index in [4.69, 9.17) is 4.74 Å². The lowest BCUT2D eigenvalue weighted by Crippen LogP contribution is -2.41. The summed E-state index contributed by atoms with van der Waals surface area (Å²) >= 11 is 0. The molecule has 0 fully saturated rings. The number of ether oxygens (including phenoxy) is 1. The average molecular weight is 352 g/mol. The number of anilines is 1. The second-order valence-electron chi connectivity index (χ2n) is 6.44. The second kappa shape index (κ2) is 8.04. The molecule has 5 heteroatoms. The number of hydrogen-bond donors (Lipinski definition) is 1. The number of nitrogens with one attached hydrogen (secondary N) is 1. The van der Waals surface area contributed by atoms with Crippen molar-refractivity contribution in [1.29, 1.82) is 0 Å². The van der Waals surface area contributed by atoms with Gasteiger partial charge in [-0.2, -0.15) is 0 Å². The van der Waals surface area contributed by atoms with Crippen molar-refractivity contribution in [3.05, 3.63) is 59.7 Å². The van der Waals surface area contributed by atoms with Crippen molar-refractivity contribution in [2.75, 3.05) is 18.1 Å². The number of carbonyl (C=O) groups is 2. The van der Waals surface area contributed by atoms with Crippen LogP contribution in [0, 0.1) is 0 Å². The molecule has 1 heterocycles. The van der Waals surface area contributed by atoms with E-state index in [0.29, 0.717) is 12.3 Å². The molecule has 0 bridgehead atoms. The van der Waals surface area contributed by atoms with Crippen LogP contribution in [0.3, 0.4) is 0 Å². The van der Waals surface area contributed by atoms with Gasteiger partial charge in [0, 0.05) is 13.0 Å². The first-order valence-corrected chi connectivity index (χ1v) is 8.99. The largest absolute Gasteiger partial charge is 0.482 e. The number of carbonyl (C=O) groups excluding carboxylic acids is 2. The Balaban J connectivity index is 1.57. The van der Waals surface area contributed by atoms with Gasteiger partial charge in [0.15, 0.2) is 6.61 Å². The Labute approximate surface area is 154 Å². The van der Waals surface area contributed by atoms with Crippen molar-refractivity contribution in [1.82, 2.24) is 5.32 Å². The monoisotopic (exact) mass is 352 g/mol. The Morgan fingerprint density at radius 3 is 2.65 bits per heavy atom. The van der Waals surface area contributed by atoms with Crippen LogP contribution >= 0.6 is 0 Å². The van der Waals surface area contributed by atoms with E-state index in [1.54, 1.807) is 4.90 Å². The van der Waals surface area contributed by atoms with Crippen LogP contribution in [0.4, 0.5) is 5.69 Å². The molecule has 136 valence electrons. The molecular weight excluding hydrogens is 328 g/mol. The van der Waals surface area contributed by atoms with Gasteiger partial charge in [-0.05, 0) is 36.6 Å².